The van der Waals surface area contributed by atoms with E-state index in [0.29, 0.717) is 15.6 Å². The molecule has 0 atom stereocenters. The molecule has 0 bridgehead atoms. The molecule has 0 aliphatic rings. The van der Waals surface area contributed by atoms with Gasteiger partial charge in [0, 0.05) is 10.0 Å². The third kappa shape index (κ3) is 2.89. The summed E-state index contributed by atoms with van der Waals surface area (Å²) in [5.74, 6) is -2.13. The number of hydrogen-bond acceptors (Lipinski definition) is 5. The summed E-state index contributed by atoms with van der Waals surface area (Å²) in [7, 11) is 0. The van der Waals surface area contributed by atoms with E-state index in [-0.39, 0.29) is 6.54 Å². The minimum Gasteiger partial charge on any atom is -0.543 e. The van der Waals surface area contributed by atoms with Gasteiger partial charge in [0.2, 0.25) is 0 Å². The first-order valence-corrected chi connectivity index (χ1v) is 6.01. The molecular formula is C11H6Cl2N3O4-. The molecule has 0 saturated carbocycles. The lowest BCUT2D eigenvalue weighted by atomic mass is 10.2. The molecule has 1 heterocycles. The lowest BCUT2D eigenvalue weighted by Crippen LogP contribution is -2.26. The Balaban J connectivity index is 2.42. The minimum atomic E-state index is -1.56. The highest BCUT2D eigenvalue weighted by Crippen LogP contribution is 2.23. The average Bonchev–Trinajstić information content (AvgIpc) is 2.77. The summed E-state index contributed by atoms with van der Waals surface area (Å²) in [5.41, 5.74) is 0.124. The van der Waals surface area contributed by atoms with Crippen LogP contribution in [0.25, 0.3) is 0 Å². The molecule has 20 heavy (non-hydrogen) atoms. The van der Waals surface area contributed by atoms with Crippen LogP contribution in [0.2, 0.25) is 10.0 Å². The Bertz CT molecular complexity index is 699. The zero-order chi connectivity index (χ0) is 14.9. The zero-order valence-corrected chi connectivity index (χ0v) is 11.3. The molecule has 1 aromatic carbocycles. The largest absolute Gasteiger partial charge is 0.543 e. The Morgan fingerprint density at radius 2 is 2.05 bits per heavy atom. The quantitative estimate of drug-likeness (QED) is 0.628. The molecule has 2 rings (SSSR count). The van der Waals surface area contributed by atoms with Crippen LogP contribution < -0.4 is 5.11 Å². The van der Waals surface area contributed by atoms with E-state index in [9.17, 15) is 20.0 Å². The summed E-state index contributed by atoms with van der Waals surface area (Å²) in [6.45, 7) is -0.0485. The first-order valence-electron chi connectivity index (χ1n) is 5.26. The van der Waals surface area contributed by atoms with Gasteiger partial charge in [-0.2, -0.15) is 4.68 Å². The molecule has 0 unspecified atom stereocenters. The summed E-state index contributed by atoms with van der Waals surface area (Å²) in [5, 5.41) is 25.9. The zero-order valence-electron chi connectivity index (χ0n) is 9.75. The second-order valence-electron chi connectivity index (χ2n) is 3.83. The van der Waals surface area contributed by atoms with E-state index in [4.69, 9.17) is 23.2 Å². The number of carboxylic acid groups (broad SMARTS) is 1. The van der Waals surface area contributed by atoms with Crippen molar-refractivity contribution in [3.8, 4) is 0 Å². The Hall–Kier alpha value is -2.12. The number of halogens is 2. The van der Waals surface area contributed by atoms with E-state index < -0.39 is 22.4 Å². The maximum atomic E-state index is 10.9. The van der Waals surface area contributed by atoms with Crippen molar-refractivity contribution in [1.29, 1.82) is 0 Å². The number of nitro groups is 1. The number of rotatable bonds is 4. The lowest BCUT2D eigenvalue weighted by Gasteiger charge is -2.06. The van der Waals surface area contributed by atoms with Crippen molar-refractivity contribution in [3.05, 3.63) is 55.7 Å². The third-order valence-corrected chi connectivity index (χ3v) is 3.09. The number of carboxylic acids is 1. The molecular weight excluding hydrogens is 309 g/mol. The standard InChI is InChI=1S/C11H7Cl2N3O4/c12-7-2-1-6(8(13)3-7)5-15-9(11(17)18)4-10(14-15)16(19)20/h1-4H,5H2,(H,17,18)/p-1. The smallest absolute Gasteiger partial charge is 0.390 e. The van der Waals surface area contributed by atoms with Gasteiger partial charge in [0.15, 0.2) is 0 Å². The number of hydrogen-bond donors (Lipinski definition) is 0. The first-order chi connectivity index (χ1) is 9.38. The lowest BCUT2D eigenvalue weighted by molar-refractivity contribution is -0.389. The van der Waals surface area contributed by atoms with Gasteiger partial charge in [0.1, 0.15) is 5.69 Å². The fraction of sp³-hybridized carbons (Fsp3) is 0.0909. The predicted octanol–water partition coefficient (Wildman–Crippen LogP) is 1.51. The van der Waals surface area contributed by atoms with Crippen LogP contribution in [-0.4, -0.2) is 20.7 Å². The van der Waals surface area contributed by atoms with Gasteiger partial charge in [-0.15, -0.1) is 0 Å². The van der Waals surface area contributed by atoms with Gasteiger partial charge in [0.05, 0.1) is 23.7 Å². The van der Waals surface area contributed by atoms with Crippen LogP contribution in [0.1, 0.15) is 16.1 Å². The Kier molecular flexibility index (Phi) is 3.91. The highest BCUT2D eigenvalue weighted by atomic mass is 35.5. The highest BCUT2D eigenvalue weighted by molar-refractivity contribution is 6.35. The van der Waals surface area contributed by atoms with E-state index in [1.54, 1.807) is 12.1 Å². The molecule has 0 spiro atoms. The molecule has 9 heteroatoms. The van der Waals surface area contributed by atoms with Crippen molar-refractivity contribution in [2.24, 2.45) is 0 Å². The molecule has 0 N–H and O–H groups in total. The molecule has 0 aliphatic carbocycles. The maximum Gasteiger partial charge on any atom is 0.390 e. The molecule has 0 radical (unpaired) electrons. The maximum absolute atomic E-state index is 10.9. The normalized spacial score (nSPS) is 10.5. The third-order valence-electron chi connectivity index (χ3n) is 2.50. The van der Waals surface area contributed by atoms with Crippen LogP contribution in [-0.2, 0) is 6.54 Å². The monoisotopic (exact) mass is 314 g/mol. The van der Waals surface area contributed by atoms with Crippen LogP contribution in [0, 0.1) is 10.1 Å². The topological polar surface area (TPSA) is 101 Å². The number of nitrogens with zero attached hydrogens (tertiary/aromatic N) is 3. The van der Waals surface area contributed by atoms with Crippen molar-refractivity contribution in [3.63, 3.8) is 0 Å². The van der Waals surface area contributed by atoms with Gasteiger partial charge in [0.25, 0.3) is 0 Å². The second-order valence-corrected chi connectivity index (χ2v) is 4.67. The fourth-order valence-corrected chi connectivity index (χ4v) is 2.06. The van der Waals surface area contributed by atoms with Gasteiger partial charge in [-0.25, -0.2) is 0 Å². The SMILES string of the molecule is O=C([O-])c1cc([N+](=O)[O-])nn1Cc1ccc(Cl)cc1Cl. The van der Waals surface area contributed by atoms with Crippen molar-refractivity contribution in [2.45, 2.75) is 6.54 Å². The van der Waals surface area contributed by atoms with Crippen molar-refractivity contribution in [2.75, 3.05) is 0 Å². The highest BCUT2D eigenvalue weighted by Gasteiger charge is 2.19. The second kappa shape index (κ2) is 5.48. The molecule has 7 nitrogen and oxygen atoms in total. The Labute approximate surface area is 122 Å². The summed E-state index contributed by atoms with van der Waals surface area (Å²) >= 11 is 11.7. The van der Waals surface area contributed by atoms with E-state index in [1.165, 1.54) is 6.07 Å². The van der Waals surface area contributed by atoms with Gasteiger partial charge >= 0.3 is 5.82 Å². The van der Waals surface area contributed by atoms with Gasteiger partial charge < -0.3 is 20.0 Å². The van der Waals surface area contributed by atoms with Crippen LogP contribution in [0.15, 0.2) is 24.3 Å². The summed E-state index contributed by atoms with van der Waals surface area (Å²) in [6.07, 6.45) is 0. The molecule has 1 aromatic heterocycles. The predicted molar refractivity (Wildman–Crippen MR) is 68.8 cm³/mol. The van der Waals surface area contributed by atoms with Crippen molar-refractivity contribution >= 4 is 35.0 Å². The number of aromatic nitrogens is 2. The van der Waals surface area contributed by atoms with E-state index >= 15 is 0 Å². The van der Waals surface area contributed by atoms with Gasteiger partial charge in [-0.3, -0.25) is 0 Å². The van der Waals surface area contributed by atoms with Crippen LogP contribution in [0.3, 0.4) is 0 Å². The van der Waals surface area contributed by atoms with Crippen molar-refractivity contribution < 1.29 is 14.8 Å². The molecule has 2 aromatic rings. The van der Waals surface area contributed by atoms with E-state index in [1.807, 2.05) is 0 Å². The molecule has 0 saturated heterocycles. The Morgan fingerprint density at radius 1 is 1.35 bits per heavy atom. The molecule has 0 aliphatic heterocycles. The van der Waals surface area contributed by atoms with Gasteiger partial charge in [-0.05, 0) is 22.6 Å². The summed E-state index contributed by atoms with van der Waals surface area (Å²) < 4.78 is 0.947. The number of aromatic carboxylic acids is 1. The van der Waals surface area contributed by atoms with E-state index in [2.05, 4.69) is 5.10 Å². The molecule has 104 valence electrons. The Morgan fingerprint density at radius 3 is 2.60 bits per heavy atom. The van der Waals surface area contributed by atoms with Gasteiger partial charge in [-0.1, -0.05) is 29.3 Å². The van der Waals surface area contributed by atoms with E-state index in [0.717, 1.165) is 10.7 Å². The number of carbonyl (C=O) groups is 1. The van der Waals surface area contributed by atoms with Crippen LogP contribution >= 0.6 is 23.2 Å². The first kappa shape index (κ1) is 14.3. The fourth-order valence-electron chi connectivity index (χ4n) is 1.59. The molecule has 0 amide bonds. The minimum absolute atomic E-state index is 0.0485. The summed E-state index contributed by atoms with van der Waals surface area (Å²) in [6, 6.07) is 5.46. The van der Waals surface area contributed by atoms with Crippen LogP contribution in [0.5, 0.6) is 0 Å². The molecule has 0 fully saturated rings. The van der Waals surface area contributed by atoms with Crippen LogP contribution in [0.4, 0.5) is 5.82 Å². The summed E-state index contributed by atoms with van der Waals surface area (Å²) in [4.78, 5) is 20.8. The van der Waals surface area contributed by atoms with Crippen molar-refractivity contribution in [1.82, 2.24) is 9.78 Å². The number of benzene rings is 1. The average molecular weight is 315 g/mol. The number of carbonyl (C=O) groups excluding carboxylic acids is 1.